The van der Waals surface area contributed by atoms with Gasteiger partial charge in [-0.05, 0) is 29.9 Å². The molecule has 0 saturated heterocycles. The zero-order valence-electron chi connectivity index (χ0n) is 9.07. The van der Waals surface area contributed by atoms with Crippen molar-refractivity contribution in [2.45, 2.75) is 26.2 Å². The van der Waals surface area contributed by atoms with E-state index < -0.39 is 0 Å². The van der Waals surface area contributed by atoms with Crippen LogP contribution in [0.1, 0.15) is 24.8 Å². The molecule has 0 bridgehead atoms. The molecule has 2 rings (SSSR count). The molecule has 0 N–H and O–H groups in total. The Morgan fingerprint density at radius 1 is 1.44 bits per heavy atom. The number of rotatable bonds is 5. The molecule has 0 saturated carbocycles. The van der Waals surface area contributed by atoms with Crippen LogP contribution in [0.3, 0.4) is 0 Å². The molecule has 0 radical (unpaired) electrons. The molecule has 0 unspecified atom stereocenters. The number of aromatic nitrogens is 2. The van der Waals surface area contributed by atoms with Crippen molar-refractivity contribution in [3.05, 3.63) is 22.9 Å². The summed E-state index contributed by atoms with van der Waals surface area (Å²) < 4.78 is 5.60. The van der Waals surface area contributed by atoms with Gasteiger partial charge < -0.3 is 4.42 Å². The van der Waals surface area contributed by atoms with Gasteiger partial charge in [-0.1, -0.05) is 6.92 Å². The molecule has 0 atom stereocenters. The Labute approximate surface area is 103 Å². The van der Waals surface area contributed by atoms with E-state index in [9.17, 15) is 0 Å². The molecular weight excluding hydrogens is 244 g/mol. The first-order valence-electron chi connectivity index (χ1n) is 5.30. The maximum absolute atomic E-state index is 5.62. The number of aryl methyl sites for hydroxylation is 2. The fourth-order valence-electron chi connectivity index (χ4n) is 1.47. The molecule has 0 aliphatic rings. The van der Waals surface area contributed by atoms with Crippen LogP contribution in [0, 0.1) is 0 Å². The minimum atomic E-state index is 0.622. The number of halogens is 1. The first kappa shape index (κ1) is 11.6. The molecule has 0 aliphatic carbocycles. The Morgan fingerprint density at radius 2 is 2.31 bits per heavy atom. The maximum atomic E-state index is 5.62. The molecule has 0 amide bonds. The zero-order valence-corrected chi connectivity index (χ0v) is 10.6. The Morgan fingerprint density at radius 3 is 3.06 bits per heavy atom. The monoisotopic (exact) mass is 256 g/mol. The van der Waals surface area contributed by atoms with Crippen molar-refractivity contribution in [1.29, 1.82) is 0 Å². The summed E-state index contributed by atoms with van der Waals surface area (Å²) in [5.74, 6) is 1.93. The highest BCUT2D eigenvalue weighted by Gasteiger charge is 2.12. The van der Waals surface area contributed by atoms with Crippen LogP contribution in [-0.4, -0.2) is 16.1 Å². The van der Waals surface area contributed by atoms with E-state index in [-0.39, 0.29) is 0 Å². The first-order valence-corrected chi connectivity index (χ1v) is 6.71. The largest absolute Gasteiger partial charge is 0.420 e. The predicted octanol–water partition coefficient (Wildman–Crippen LogP) is 3.53. The second-order valence-electron chi connectivity index (χ2n) is 3.42. The number of alkyl halides is 1. The number of nitrogens with zero attached hydrogens (tertiary/aromatic N) is 2. The fourth-order valence-corrected chi connectivity index (χ4v) is 2.52. The van der Waals surface area contributed by atoms with E-state index in [2.05, 4.69) is 28.6 Å². The third-order valence-corrected chi connectivity index (χ3v) is 3.52. The average molecular weight is 257 g/mol. The summed E-state index contributed by atoms with van der Waals surface area (Å²) in [7, 11) is 0. The third kappa shape index (κ3) is 2.44. The van der Waals surface area contributed by atoms with Crippen molar-refractivity contribution < 1.29 is 4.42 Å². The van der Waals surface area contributed by atoms with Gasteiger partial charge in [0.1, 0.15) is 0 Å². The van der Waals surface area contributed by atoms with E-state index in [1.165, 1.54) is 5.56 Å². The number of hydrogen-bond donors (Lipinski definition) is 0. The summed E-state index contributed by atoms with van der Waals surface area (Å²) >= 11 is 7.26. The predicted molar refractivity (Wildman–Crippen MR) is 66.0 cm³/mol. The molecule has 16 heavy (non-hydrogen) atoms. The topological polar surface area (TPSA) is 38.9 Å². The van der Waals surface area contributed by atoms with Crippen molar-refractivity contribution >= 4 is 22.9 Å². The lowest BCUT2D eigenvalue weighted by Crippen LogP contribution is -1.85. The standard InChI is InChI=1S/C11H13ClN2OS/c1-2-8-5-7-16-10(8)11-14-13-9(15-11)4-3-6-12/h5,7H,2-4,6H2,1H3. The van der Waals surface area contributed by atoms with E-state index in [0.717, 1.165) is 24.1 Å². The van der Waals surface area contributed by atoms with E-state index >= 15 is 0 Å². The second-order valence-corrected chi connectivity index (χ2v) is 4.72. The summed E-state index contributed by atoms with van der Waals surface area (Å²) in [6.45, 7) is 2.12. The normalized spacial score (nSPS) is 10.9. The van der Waals surface area contributed by atoms with Gasteiger partial charge in [-0.25, -0.2) is 0 Å². The molecule has 86 valence electrons. The Hall–Kier alpha value is -0.870. The van der Waals surface area contributed by atoms with E-state index in [1.54, 1.807) is 11.3 Å². The van der Waals surface area contributed by atoms with Gasteiger partial charge in [-0.15, -0.1) is 33.1 Å². The Balaban J connectivity index is 2.18. The van der Waals surface area contributed by atoms with Crippen LogP contribution in [0.5, 0.6) is 0 Å². The molecule has 3 nitrogen and oxygen atoms in total. The minimum absolute atomic E-state index is 0.622. The highest BCUT2D eigenvalue weighted by Crippen LogP contribution is 2.28. The van der Waals surface area contributed by atoms with Crippen molar-refractivity contribution in [1.82, 2.24) is 10.2 Å². The summed E-state index contributed by atoms with van der Waals surface area (Å²) in [5.41, 5.74) is 1.26. The average Bonchev–Trinajstić information content (AvgIpc) is 2.94. The summed E-state index contributed by atoms with van der Waals surface area (Å²) in [5, 5.41) is 10.1. The lowest BCUT2D eigenvalue weighted by molar-refractivity contribution is 0.503. The zero-order chi connectivity index (χ0) is 11.4. The minimum Gasteiger partial charge on any atom is -0.420 e. The van der Waals surface area contributed by atoms with Crippen molar-refractivity contribution in [2.75, 3.05) is 5.88 Å². The maximum Gasteiger partial charge on any atom is 0.258 e. The number of thiophene rings is 1. The first-order chi connectivity index (χ1) is 7.85. The SMILES string of the molecule is CCc1ccsc1-c1nnc(CCCCl)o1. The van der Waals surface area contributed by atoms with Gasteiger partial charge in [0.15, 0.2) is 0 Å². The summed E-state index contributed by atoms with van der Waals surface area (Å²) in [4.78, 5) is 1.09. The lowest BCUT2D eigenvalue weighted by Gasteiger charge is -1.94. The fraction of sp³-hybridized carbons (Fsp3) is 0.455. The highest BCUT2D eigenvalue weighted by molar-refractivity contribution is 7.13. The van der Waals surface area contributed by atoms with Crippen LogP contribution in [0.4, 0.5) is 0 Å². The van der Waals surface area contributed by atoms with Crippen LogP contribution < -0.4 is 0 Å². The van der Waals surface area contributed by atoms with Crippen molar-refractivity contribution in [3.8, 4) is 10.8 Å². The van der Waals surface area contributed by atoms with Crippen LogP contribution >= 0.6 is 22.9 Å². The molecule has 0 aromatic carbocycles. The molecule has 0 aliphatic heterocycles. The van der Waals surface area contributed by atoms with Crippen LogP contribution in [0.25, 0.3) is 10.8 Å². The van der Waals surface area contributed by atoms with Gasteiger partial charge >= 0.3 is 0 Å². The van der Waals surface area contributed by atoms with E-state index in [1.807, 2.05) is 0 Å². The van der Waals surface area contributed by atoms with Crippen LogP contribution in [0.15, 0.2) is 15.9 Å². The molecule has 2 aromatic heterocycles. The van der Waals surface area contributed by atoms with Gasteiger partial charge in [-0.3, -0.25) is 0 Å². The number of hydrogen-bond acceptors (Lipinski definition) is 4. The van der Waals surface area contributed by atoms with Gasteiger partial charge in [0.2, 0.25) is 5.89 Å². The smallest absolute Gasteiger partial charge is 0.258 e. The highest BCUT2D eigenvalue weighted by atomic mass is 35.5. The van der Waals surface area contributed by atoms with E-state index in [4.69, 9.17) is 16.0 Å². The summed E-state index contributed by atoms with van der Waals surface area (Å²) in [6, 6.07) is 2.10. The molecule has 0 spiro atoms. The van der Waals surface area contributed by atoms with Crippen molar-refractivity contribution in [2.24, 2.45) is 0 Å². The second kappa shape index (κ2) is 5.46. The van der Waals surface area contributed by atoms with Crippen LogP contribution in [-0.2, 0) is 12.8 Å². The van der Waals surface area contributed by atoms with Crippen molar-refractivity contribution in [3.63, 3.8) is 0 Å². The molecular formula is C11H13ClN2OS. The van der Waals surface area contributed by atoms with Gasteiger partial charge in [0.25, 0.3) is 5.89 Å². The lowest BCUT2D eigenvalue weighted by atomic mass is 10.2. The molecule has 2 heterocycles. The van der Waals surface area contributed by atoms with Crippen LogP contribution in [0.2, 0.25) is 0 Å². The molecule has 0 fully saturated rings. The molecule has 5 heteroatoms. The van der Waals surface area contributed by atoms with E-state index in [0.29, 0.717) is 17.7 Å². The molecule has 2 aromatic rings. The Bertz CT molecular complexity index is 452. The van der Waals surface area contributed by atoms with Gasteiger partial charge in [0.05, 0.1) is 4.88 Å². The summed E-state index contributed by atoms with van der Waals surface area (Å²) in [6.07, 6.45) is 2.61. The van der Waals surface area contributed by atoms with Gasteiger partial charge in [-0.2, -0.15) is 0 Å². The Kier molecular flexibility index (Phi) is 3.96. The van der Waals surface area contributed by atoms with Gasteiger partial charge in [0, 0.05) is 12.3 Å². The quantitative estimate of drug-likeness (QED) is 0.768. The third-order valence-electron chi connectivity index (χ3n) is 2.31.